The van der Waals surface area contributed by atoms with Crippen molar-refractivity contribution in [1.29, 1.82) is 0 Å². The molecule has 0 saturated heterocycles. The number of ether oxygens (including phenoxy) is 2. The maximum Gasteiger partial charge on any atom is 0.326 e. The number of aryl methyl sites for hydroxylation is 1. The quantitative estimate of drug-likeness (QED) is 0.803. The number of benzene rings is 1. The molecule has 116 valence electrons. The zero-order valence-corrected chi connectivity index (χ0v) is 12.7. The van der Waals surface area contributed by atoms with Gasteiger partial charge in [-0.25, -0.2) is 4.79 Å². The van der Waals surface area contributed by atoms with Crippen LogP contribution in [0.5, 0.6) is 11.5 Å². The molecule has 21 heavy (non-hydrogen) atoms. The molecule has 0 spiro atoms. The van der Waals surface area contributed by atoms with Crippen molar-refractivity contribution in [3.05, 3.63) is 23.3 Å². The Kier molecular flexibility index (Phi) is 6.02. The minimum atomic E-state index is -1.04. The number of rotatable bonds is 7. The number of methoxy groups -OCH3 is 2. The molecule has 6 nitrogen and oxygen atoms in total. The van der Waals surface area contributed by atoms with Crippen LogP contribution < -0.4 is 14.8 Å². The molecule has 1 aromatic carbocycles. The fourth-order valence-corrected chi connectivity index (χ4v) is 2.01. The van der Waals surface area contributed by atoms with Crippen LogP contribution in [0, 0.1) is 6.92 Å². The van der Waals surface area contributed by atoms with Gasteiger partial charge >= 0.3 is 5.97 Å². The Bertz CT molecular complexity index is 527. The van der Waals surface area contributed by atoms with Crippen LogP contribution in [0.3, 0.4) is 0 Å². The van der Waals surface area contributed by atoms with E-state index in [2.05, 4.69) is 5.32 Å². The van der Waals surface area contributed by atoms with Crippen LogP contribution in [-0.2, 0) is 4.79 Å². The Morgan fingerprint density at radius 1 is 1.24 bits per heavy atom. The van der Waals surface area contributed by atoms with Crippen molar-refractivity contribution in [2.75, 3.05) is 14.2 Å². The first-order valence-corrected chi connectivity index (χ1v) is 6.70. The summed E-state index contributed by atoms with van der Waals surface area (Å²) in [6, 6.07) is 2.34. The van der Waals surface area contributed by atoms with Gasteiger partial charge in [0, 0.05) is 5.56 Å². The average molecular weight is 295 g/mol. The van der Waals surface area contributed by atoms with Gasteiger partial charge in [-0.1, -0.05) is 13.3 Å². The van der Waals surface area contributed by atoms with E-state index in [1.54, 1.807) is 19.1 Å². The Morgan fingerprint density at radius 2 is 1.81 bits per heavy atom. The van der Waals surface area contributed by atoms with Gasteiger partial charge in [0.05, 0.1) is 14.2 Å². The second kappa shape index (κ2) is 7.52. The molecule has 0 aliphatic rings. The highest BCUT2D eigenvalue weighted by molar-refractivity contribution is 5.98. The van der Waals surface area contributed by atoms with Crippen LogP contribution in [0.2, 0.25) is 0 Å². The lowest BCUT2D eigenvalue weighted by atomic mass is 10.1. The number of nitrogens with one attached hydrogen (secondary N) is 1. The molecule has 1 atom stereocenters. The van der Waals surface area contributed by atoms with Crippen LogP contribution in [0.1, 0.15) is 35.7 Å². The zero-order valence-electron chi connectivity index (χ0n) is 12.7. The van der Waals surface area contributed by atoms with Crippen LogP contribution in [0.4, 0.5) is 0 Å². The van der Waals surface area contributed by atoms with Crippen molar-refractivity contribution in [3.8, 4) is 11.5 Å². The molecule has 6 heteroatoms. The van der Waals surface area contributed by atoms with Crippen LogP contribution in [0.25, 0.3) is 0 Å². The van der Waals surface area contributed by atoms with Crippen molar-refractivity contribution in [2.45, 2.75) is 32.7 Å². The average Bonchev–Trinajstić information content (AvgIpc) is 2.45. The van der Waals surface area contributed by atoms with E-state index in [0.717, 1.165) is 0 Å². The minimum Gasteiger partial charge on any atom is -0.493 e. The number of amides is 1. The monoisotopic (exact) mass is 295 g/mol. The SMILES string of the molecule is CCCC(NC(=O)c1cc(OC)c(OC)cc1C)C(=O)O. The first-order valence-electron chi connectivity index (χ1n) is 6.70. The Morgan fingerprint density at radius 3 is 2.29 bits per heavy atom. The van der Waals surface area contributed by atoms with E-state index in [0.29, 0.717) is 35.5 Å². The third kappa shape index (κ3) is 4.11. The van der Waals surface area contributed by atoms with Gasteiger partial charge in [0.2, 0.25) is 0 Å². The molecule has 1 aromatic rings. The van der Waals surface area contributed by atoms with E-state index >= 15 is 0 Å². The Labute approximate surface area is 124 Å². The fourth-order valence-electron chi connectivity index (χ4n) is 2.01. The molecule has 2 N–H and O–H groups in total. The molecule has 0 saturated carbocycles. The lowest BCUT2D eigenvalue weighted by molar-refractivity contribution is -0.139. The maximum atomic E-state index is 12.3. The first kappa shape index (κ1) is 16.8. The van der Waals surface area contributed by atoms with E-state index in [1.807, 2.05) is 6.92 Å². The van der Waals surface area contributed by atoms with Gasteiger partial charge in [-0.05, 0) is 31.0 Å². The van der Waals surface area contributed by atoms with Gasteiger partial charge < -0.3 is 19.9 Å². The molecule has 1 unspecified atom stereocenters. The van der Waals surface area contributed by atoms with E-state index in [9.17, 15) is 9.59 Å². The lowest BCUT2D eigenvalue weighted by Gasteiger charge is -2.16. The van der Waals surface area contributed by atoms with Crippen LogP contribution >= 0.6 is 0 Å². The summed E-state index contributed by atoms with van der Waals surface area (Å²) in [6.07, 6.45) is 1.05. The van der Waals surface area contributed by atoms with Gasteiger partial charge in [0.25, 0.3) is 5.91 Å². The molecule has 0 aliphatic heterocycles. The highest BCUT2D eigenvalue weighted by Gasteiger charge is 2.21. The number of carboxylic acid groups (broad SMARTS) is 1. The Balaban J connectivity index is 3.04. The van der Waals surface area contributed by atoms with E-state index in [1.165, 1.54) is 14.2 Å². The van der Waals surface area contributed by atoms with E-state index in [4.69, 9.17) is 14.6 Å². The largest absolute Gasteiger partial charge is 0.493 e. The van der Waals surface area contributed by atoms with Gasteiger partial charge in [0.15, 0.2) is 11.5 Å². The summed E-state index contributed by atoms with van der Waals surface area (Å²) in [5.74, 6) is -0.525. The standard InChI is InChI=1S/C15H21NO5/c1-5-6-11(15(18)19)16-14(17)10-8-13(21-4)12(20-3)7-9(10)2/h7-8,11H,5-6H2,1-4H3,(H,16,17)(H,18,19). The first-order chi connectivity index (χ1) is 9.94. The number of hydrogen-bond donors (Lipinski definition) is 2. The molecular weight excluding hydrogens is 274 g/mol. The normalized spacial score (nSPS) is 11.6. The lowest BCUT2D eigenvalue weighted by Crippen LogP contribution is -2.40. The van der Waals surface area contributed by atoms with Gasteiger partial charge in [-0.3, -0.25) is 4.79 Å². The third-order valence-electron chi connectivity index (χ3n) is 3.16. The number of carboxylic acids is 1. The summed E-state index contributed by atoms with van der Waals surface area (Å²) >= 11 is 0. The van der Waals surface area contributed by atoms with E-state index < -0.39 is 17.9 Å². The molecule has 0 heterocycles. The summed E-state index contributed by atoms with van der Waals surface area (Å²) in [5.41, 5.74) is 1.06. The van der Waals surface area contributed by atoms with Gasteiger partial charge in [-0.2, -0.15) is 0 Å². The second-order valence-corrected chi connectivity index (χ2v) is 4.68. The third-order valence-corrected chi connectivity index (χ3v) is 3.16. The maximum absolute atomic E-state index is 12.3. The predicted molar refractivity (Wildman–Crippen MR) is 78.1 cm³/mol. The fraction of sp³-hybridized carbons (Fsp3) is 0.467. The molecule has 0 aromatic heterocycles. The molecule has 1 amide bonds. The summed E-state index contributed by atoms with van der Waals surface area (Å²) < 4.78 is 10.3. The highest BCUT2D eigenvalue weighted by Crippen LogP contribution is 2.30. The topological polar surface area (TPSA) is 84.9 Å². The Hall–Kier alpha value is -2.24. The summed E-state index contributed by atoms with van der Waals surface area (Å²) in [5, 5.41) is 11.6. The molecule has 0 fully saturated rings. The van der Waals surface area contributed by atoms with Gasteiger partial charge in [-0.15, -0.1) is 0 Å². The number of aliphatic carboxylic acids is 1. The van der Waals surface area contributed by atoms with Crippen LogP contribution in [0.15, 0.2) is 12.1 Å². The van der Waals surface area contributed by atoms with Crippen molar-refractivity contribution in [2.24, 2.45) is 0 Å². The predicted octanol–water partition coefficient (Wildman–Crippen LogP) is 2.00. The van der Waals surface area contributed by atoms with Gasteiger partial charge in [0.1, 0.15) is 6.04 Å². The second-order valence-electron chi connectivity index (χ2n) is 4.68. The number of carbonyl (C=O) groups excluding carboxylic acids is 1. The summed E-state index contributed by atoms with van der Waals surface area (Å²) in [4.78, 5) is 23.4. The molecular formula is C15H21NO5. The highest BCUT2D eigenvalue weighted by atomic mass is 16.5. The van der Waals surface area contributed by atoms with Crippen molar-refractivity contribution in [3.63, 3.8) is 0 Å². The molecule has 0 bridgehead atoms. The summed E-state index contributed by atoms with van der Waals surface area (Å²) in [6.45, 7) is 3.62. The number of hydrogen-bond acceptors (Lipinski definition) is 4. The number of carbonyl (C=O) groups is 2. The van der Waals surface area contributed by atoms with Crippen LogP contribution in [-0.4, -0.2) is 37.2 Å². The van der Waals surface area contributed by atoms with Crippen molar-refractivity contribution in [1.82, 2.24) is 5.32 Å². The smallest absolute Gasteiger partial charge is 0.326 e. The summed E-state index contributed by atoms with van der Waals surface area (Å²) in [7, 11) is 2.99. The molecule has 0 aliphatic carbocycles. The molecule has 1 rings (SSSR count). The van der Waals surface area contributed by atoms with E-state index in [-0.39, 0.29) is 0 Å². The minimum absolute atomic E-state index is 0.370. The zero-order chi connectivity index (χ0) is 16.0. The van der Waals surface area contributed by atoms with Crippen molar-refractivity contribution >= 4 is 11.9 Å². The van der Waals surface area contributed by atoms with Crippen molar-refractivity contribution < 1.29 is 24.2 Å². The molecule has 0 radical (unpaired) electrons.